The van der Waals surface area contributed by atoms with Crippen LogP contribution in [0.2, 0.25) is 0 Å². The number of anilines is 2. The molecule has 0 saturated carbocycles. The molecule has 0 unspecified atom stereocenters. The van der Waals surface area contributed by atoms with Crippen molar-refractivity contribution in [2.75, 3.05) is 11.5 Å². The van der Waals surface area contributed by atoms with Crippen LogP contribution < -0.4 is 11.5 Å². The highest BCUT2D eigenvalue weighted by Gasteiger charge is 2.16. The van der Waals surface area contributed by atoms with Gasteiger partial charge in [0.25, 0.3) is 0 Å². The number of hydrogen-bond acceptors (Lipinski definition) is 5. The van der Waals surface area contributed by atoms with Crippen LogP contribution in [0.3, 0.4) is 0 Å². The summed E-state index contributed by atoms with van der Waals surface area (Å²) in [7, 11) is 0. The lowest BCUT2D eigenvalue weighted by atomic mass is 10.1. The number of aromatic nitrogens is 2. The predicted molar refractivity (Wildman–Crippen MR) is 70.0 cm³/mol. The molecule has 0 radical (unpaired) electrons. The number of rotatable bonds is 4. The van der Waals surface area contributed by atoms with E-state index in [9.17, 15) is 9.90 Å². The number of carboxylic acid groups (broad SMARTS) is 1. The molecular weight excluding hydrogens is 248 g/mol. The highest BCUT2D eigenvalue weighted by Crippen LogP contribution is 2.28. The van der Waals surface area contributed by atoms with Gasteiger partial charge in [-0.05, 0) is 18.6 Å². The van der Waals surface area contributed by atoms with Gasteiger partial charge in [0.1, 0.15) is 17.3 Å². The van der Waals surface area contributed by atoms with Gasteiger partial charge in [-0.3, -0.25) is 4.79 Å². The Hall–Kier alpha value is -2.70. The second kappa shape index (κ2) is 4.89. The molecule has 0 aliphatic rings. The summed E-state index contributed by atoms with van der Waals surface area (Å²) >= 11 is 0. The van der Waals surface area contributed by atoms with Crippen molar-refractivity contribution in [2.45, 2.75) is 12.8 Å². The summed E-state index contributed by atoms with van der Waals surface area (Å²) < 4.78 is 1.31. The quantitative estimate of drug-likeness (QED) is 0.644. The molecule has 0 saturated heterocycles. The van der Waals surface area contributed by atoms with E-state index in [4.69, 9.17) is 16.6 Å². The molecule has 2 rings (SSSR count). The molecule has 1 aromatic carbocycles. The van der Waals surface area contributed by atoms with Crippen molar-refractivity contribution in [2.24, 2.45) is 0 Å². The number of phenols is 1. The maximum atomic E-state index is 10.6. The minimum Gasteiger partial charge on any atom is -0.506 e. The third-order valence-corrected chi connectivity index (χ3v) is 2.75. The van der Waals surface area contributed by atoms with Gasteiger partial charge in [0, 0.05) is 12.0 Å². The first-order valence-electron chi connectivity index (χ1n) is 5.63. The lowest BCUT2D eigenvalue weighted by molar-refractivity contribution is -0.136. The highest BCUT2D eigenvalue weighted by atomic mass is 16.4. The van der Waals surface area contributed by atoms with E-state index >= 15 is 0 Å². The van der Waals surface area contributed by atoms with E-state index in [1.165, 1.54) is 10.7 Å². The van der Waals surface area contributed by atoms with Gasteiger partial charge >= 0.3 is 5.97 Å². The summed E-state index contributed by atoms with van der Waals surface area (Å²) in [5.74, 6) is -0.516. The van der Waals surface area contributed by atoms with Crippen LogP contribution in [0.15, 0.2) is 24.3 Å². The number of phenolic OH excluding ortho intramolecular Hbond substituents is 1. The van der Waals surface area contributed by atoms with E-state index < -0.39 is 5.97 Å². The molecule has 19 heavy (non-hydrogen) atoms. The summed E-state index contributed by atoms with van der Waals surface area (Å²) in [4.78, 5) is 10.6. The Kier molecular flexibility index (Phi) is 3.28. The number of nitrogens with two attached hydrogens (primary N) is 2. The summed E-state index contributed by atoms with van der Waals surface area (Å²) in [5, 5.41) is 22.5. The number of benzene rings is 1. The van der Waals surface area contributed by atoms with E-state index in [1.807, 2.05) is 0 Å². The van der Waals surface area contributed by atoms with E-state index in [1.54, 1.807) is 18.2 Å². The minimum absolute atomic E-state index is 0.0153. The van der Waals surface area contributed by atoms with Crippen molar-refractivity contribution in [1.82, 2.24) is 9.78 Å². The molecule has 0 fully saturated rings. The summed E-state index contributed by atoms with van der Waals surface area (Å²) in [5.41, 5.74) is 12.5. The Morgan fingerprint density at radius 3 is 2.63 bits per heavy atom. The zero-order valence-electron chi connectivity index (χ0n) is 10.1. The van der Waals surface area contributed by atoms with Crippen LogP contribution in [0.25, 0.3) is 5.69 Å². The molecule has 1 heterocycles. The first-order chi connectivity index (χ1) is 9.00. The van der Waals surface area contributed by atoms with Crippen LogP contribution in [0.1, 0.15) is 12.0 Å². The van der Waals surface area contributed by atoms with Crippen LogP contribution in [0.4, 0.5) is 11.6 Å². The SMILES string of the molecule is Nc1nn(-c2ccccc2O)c(N)c1CCC(=O)O. The second-order valence-corrected chi connectivity index (χ2v) is 4.04. The first kappa shape index (κ1) is 12.7. The normalized spacial score (nSPS) is 10.5. The molecular formula is C12H14N4O3. The molecule has 7 heteroatoms. The third-order valence-electron chi connectivity index (χ3n) is 2.75. The Morgan fingerprint density at radius 1 is 1.32 bits per heavy atom. The Morgan fingerprint density at radius 2 is 2.00 bits per heavy atom. The molecule has 0 atom stereocenters. The van der Waals surface area contributed by atoms with Crippen molar-refractivity contribution in [3.63, 3.8) is 0 Å². The zero-order chi connectivity index (χ0) is 14.0. The number of aromatic hydroxyl groups is 1. The minimum atomic E-state index is -0.936. The van der Waals surface area contributed by atoms with Crippen LogP contribution in [0, 0.1) is 0 Å². The van der Waals surface area contributed by atoms with Gasteiger partial charge in [-0.25, -0.2) is 4.68 Å². The molecule has 1 aromatic heterocycles. The molecule has 100 valence electrons. The number of carboxylic acids is 1. The lowest BCUT2D eigenvalue weighted by Crippen LogP contribution is -2.04. The fraction of sp³-hybridized carbons (Fsp3) is 0.167. The maximum absolute atomic E-state index is 10.6. The fourth-order valence-electron chi connectivity index (χ4n) is 1.80. The van der Waals surface area contributed by atoms with Gasteiger partial charge in [0.2, 0.25) is 0 Å². The molecule has 6 N–H and O–H groups in total. The first-order valence-corrected chi connectivity index (χ1v) is 5.63. The molecule has 0 bridgehead atoms. The average Bonchev–Trinajstić information content (AvgIpc) is 2.63. The number of nitrogens with zero attached hydrogens (tertiary/aromatic N) is 2. The maximum Gasteiger partial charge on any atom is 0.303 e. The fourth-order valence-corrected chi connectivity index (χ4v) is 1.80. The highest BCUT2D eigenvalue weighted by molar-refractivity contribution is 5.69. The smallest absolute Gasteiger partial charge is 0.303 e. The van der Waals surface area contributed by atoms with Crippen molar-refractivity contribution in [1.29, 1.82) is 0 Å². The summed E-state index contributed by atoms with van der Waals surface area (Å²) in [6, 6.07) is 6.54. The number of carbonyl (C=O) groups is 1. The van der Waals surface area contributed by atoms with Gasteiger partial charge in [-0.2, -0.15) is 0 Å². The van der Waals surface area contributed by atoms with Gasteiger partial charge in [0.15, 0.2) is 5.82 Å². The topological polar surface area (TPSA) is 127 Å². The number of hydrogen-bond donors (Lipinski definition) is 4. The molecule has 2 aromatic rings. The molecule has 0 aliphatic heterocycles. The molecule has 0 spiro atoms. The van der Waals surface area contributed by atoms with Crippen molar-refractivity contribution >= 4 is 17.6 Å². The number of para-hydroxylation sites is 2. The van der Waals surface area contributed by atoms with E-state index in [-0.39, 0.29) is 30.2 Å². The van der Waals surface area contributed by atoms with Crippen LogP contribution in [-0.4, -0.2) is 26.0 Å². The summed E-state index contributed by atoms with van der Waals surface area (Å²) in [6.45, 7) is 0. The Balaban J connectivity index is 2.41. The Bertz CT molecular complexity index is 621. The zero-order valence-corrected chi connectivity index (χ0v) is 10.1. The Labute approximate surface area is 109 Å². The molecule has 7 nitrogen and oxygen atoms in total. The van der Waals surface area contributed by atoms with Gasteiger partial charge in [-0.1, -0.05) is 12.1 Å². The monoisotopic (exact) mass is 262 g/mol. The predicted octanol–water partition coefficient (Wildman–Crippen LogP) is 0.759. The van der Waals surface area contributed by atoms with Crippen LogP contribution >= 0.6 is 0 Å². The number of aliphatic carboxylic acids is 1. The average molecular weight is 262 g/mol. The summed E-state index contributed by atoms with van der Waals surface area (Å²) in [6.07, 6.45) is 0.113. The van der Waals surface area contributed by atoms with E-state index in [0.29, 0.717) is 11.3 Å². The van der Waals surface area contributed by atoms with Gasteiger partial charge in [-0.15, -0.1) is 5.10 Å². The lowest BCUT2D eigenvalue weighted by Gasteiger charge is -2.06. The number of nitrogen functional groups attached to an aromatic ring is 2. The van der Waals surface area contributed by atoms with E-state index in [0.717, 1.165) is 0 Å². The van der Waals surface area contributed by atoms with E-state index in [2.05, 4.69) is 5.10 Å². The third kappa shape index (κ3) is 2.44. The molecule has 0 amide bonds. The van der Waals surface area contributed by atoms with Crippen molar-refractivity contribution in [3.8, 4) is 11.4 Å². The molecule has 0 aliphatic carbocycles. The van der Waals surface area contributed by atoms with Crippen molar-refractivity contribution in [3.05, 3.63) is 29.8 Å². The van der Waals surface area contributed by atoms with Gasteiger partial charge < -0.3 is 21.7 Å². The standard InChI is InChI=1S/C12H14N4O3/c13-11-7(5-6-10(18)19)12(14)16(15-11)8-3-1-2-4-9(8)17/h1-4,17H,5-6,14H2,(H2,13,15)(H,18,19). The van der Waals surface area contributed by atoms with Crippen LogP contribution in [0.5, 0.6) is 5.75 Å². The second-order valence-electron chi connectivity index (χ2n) is 4.04. The van der Waals surface area contributed by atoms with Crippen molar-refractivity contribution < 1.29 is 15.0 Å². The van der Waals surface area contributed by atoms with Gasteiger partial charge in [0.05, 0.1) is 0 Å². The largest absolute Gasteiger partial charge is 0.506 e. The van der Waals surface area contributed by atoms with Crippen LogP contribution in [-0.2, 0) is 11.2 Å².